The van der Waals surface area contributed by atoms with E-state index in [9.17, 15) is 9.59 Å². The maximum Gasteiger partial charge on any atom is 0.336 e. The largest absolute Gasteiger partial charge is 0.478 e. The molecule has 2 aromatic heterocycles. The van der Waals surface area contributed by atoms with Crippen LogP contribution in [0.2, 0.25) is 0 Å². The number of aromatic amines is 1. The lowest BCUT2D eigenvalue weighted by Gasteiger charge is -2.02. The average Bonchev–Trinajstić information content (AvgIpc) is 2.30. The number of carbonyl (C=O) groups is 1. The van der Waals surface area contributed by atoms with Crippen molar-refractivity contribution in [1.82, 2.24) is 15.2 Å². The molecular weight excluding hydrogens is 210 g/mol. The molecule has 0 saturated heterocycles. The highest BCUT2D eigenvalue weighted by Gasteiger charge is 2.13. The zero-order chi connectivity index (χ0) is 11.5. The van der Waals surface area contributed by atoms with Crippen LogP contribution >= 0.6 is 0 Å². The van der Waals surface area contributed by atoms with E-state index in [0.29, 0.717) is 11.3 Å². The third-order valence-corrected chi connectivity index (χ3v) is 2.00. The highest BCUT2D eigenvalue weighted by Crippen LogP contribution is 2.18. The summed E-state index contributed by atoms with van der Waals surface area (Å²) >= 11 is 0. The fourth-order valence-electron chi connectivity index (χ4n) is 1.31. The summed E-state index contributed by atoms with van der Waals surface area (Å²) in [5, 5.41) is 16.4. The summed E-state index contributed by atoms with van der Waals surface area (Å²) in [5.74, 6) is -1.17. The van der Waals surface area contributed by atoms with Crippen LogP contribution in [0.15, 0.2) is 35.4 Å². The van der Waals surface area contributed by atoms with Crippen LogP contribution in [0.25, 0.3) is 11.3 Å². The Balaban J connectivity index is 2.66. The van der Waals surface area contributed by atoms with E-state index in [2.05, 4.69) is 15.2 Å². The predicted octanol–water partition coefficient (Wildman–Crippen LogP) is 0.530. The van der Waals surface area contributed by atoms with Crippen molar-refractivity contribution in [3.8, 4) is 11.3 Å². The Labute approximate surface area is 89.6 Å². The number of nitrogens with one attached hydrogen (secondary N) is 1. The van der Waals surface area contributed by atoms with Crippen LogP contribution in [0, 0.1) is 0 Å². The molecule has 0 fully saturated rings. The molecular formula is C10H7N3O3. The third kappa shape index (κ3) is 1.81. The number of carboxylic acid groups (broad SMARTS) is 1. The van der Waals surface area contributed by atoms with Gasteiger partial charge in [0.1, 0.15) is 0 Å². The van der Waals surface area contributed by atoms with Gasteiger partial charge in [-0.25, -0.2) is 4.79 Å². The number of aromatic carboxylic acids is 1. The van der Waals surface area contributed by atoms with Gasteiger partial charge in [0.05, 0.1) is 11.3 Å². The molecule has 0 aliphatic carbocycles. The standard InChI is InChI=1S/C10H7N3O3/c14-9-4-6(10(15)16)7(5-11-9)8-2-1-3-12-13-8/h1-5H,(H,11,14)(H,15,16). The van der Waals surface area contributed by atoms with Gasteiger partial charge in [-0.15, -0.1) is 0 Å². The number of nitrogens with zero attached hydrogens (tertiary/aromatic N) is 2. The van der Waals surface area contributed by atoms with Gasteiger partial charge in [-0.3, -0.25) is 4.79 Å². The summed E-state index contributed by atoms with van der Waals surface area (Å²) in [5.41, 5.74) is 0.172. The fourth-order valence-corrected chi connectivity index (χ4v) is 1.31. The van der Waals surface area contributed by atoms with Crippen molar-refractivity contribution in [1.29, 1.82) is 0 Å². The molecule has 80 valence electrons. The number of hydrogen-bond donors (Lipinski definition) is 2. The molecule has 0 unspecified atom stereocenters. The van der Waals surface area contributed by atoms with Gasteiger partial charge in [0, 0.05) is 24.0 Å². The lowest BCUT2D eigenvalue weighted by atomic mass is 10.1. The lowest BCUT2D eigenvalue weighted by molar-refractivity contribution is 0.0697. The molecule has 6 nitrogen and oxygen atoms in total. The minimum atomic E-state index is -1.17. The Hall–Kier alpha value is -2.50. The van der Waals surface area contributed by atoms with E-state index < -0.39 is 11.5 Å². The van der Waals surface area contributed by atoms with E-state index in [-0.39, 0.29) is 5.56 Å². The number of H-pyrrole nitrogens is 1. The molecule has 0 radical (unpaired) electrons. The van der Waals surface area contributed by atoms with E-state index in [0.717, 1.165) is 6.07 Å². The second-order valence-corrected chi connectivity index (χ2v) is 3.04. The summed E-state index contributed by atoms with van der Waals surface area (Å²) in [7, 11) is 0. The molecule has 6 heteroatoms. The second kappa shape index (κ2) is 3.93. The van der Waals surface area contributed by atoms with E-state index in [1.165, 1.54) is 12.4 Å². The van der Waals surface area contributed by atoms with Gasteiger partial charge in [0.2, 0.25) is 5.56 Å². The van der Waals surface area contributed by atoms with E-state index in [1.807, 2.05) is 0 Å². The Bertz CT molecular complexity index is 577. The van der Waals surface area contributed by atoms with Gasteiger partial charge >= 0.3 is 5.97 Å². The molecule has 0 atom stereocenters. The first-order valence-corrected chi connectivity index (χ1v) is 4.42. The Kier molecular flexibility index (Phi) is 2.47. The van der Waals surface area contributed by atoms with Crippen LogP contribution in [0.5, 0.6) is 0 Å². The molecule has 0 aliphatic rings. The van der Waals surface area contributed by atoms with E-state index in [1.54, 1.807) is 12.1 Å². The van der Waals surface area contributed by atoms with Crippen LogP contribution in [0.3, 0.4) is 0 Å². The number of carboxylic acids is 1. The van der Waals surface area contributed by atoms with E-state index >= 15 is 0 Å². The first kappa shape index (κ1) is 10.0. The van der Waals surface area contributed by atoms with Crippen LogP contribution in [0.1, 0.15) is 10.4 Å². The lowest BCUT2D eigenvalue weighted by Crippen LogP contribution is -2.10. The maximum atomic E-state index is 11.0. The SMILES string of the molecule is O=C(O)c1cc(=O)[nH]cc1-c1cccnn1. The van der Waals surface area contributed by atoms with Gasteiger partial charge in [0.15, 0.2) is 0 Å². The molecule has 2 aromatic rings. The van der Waals surface area contributed by atoms with Gasteiger partial charge < -0.3 is 10.1 Å². The summed E-state index contributed by atoms with van der Waals surface area (Å²) in [6.07, 6.45) is 2.80. The third-order valence-electron chi connectivity index (χ3n) is 2.00. The Morgan fingerprint density at radius 3 is 2.88 bits per heavy atom. The van der Waals surface area contributed by atoms with Crippen molar-refractivity contribution in [2.75, 3.05) is 0 Å². The predicted molar refractivity (Wildman–Crippen MR) is 55.0 cm³/mol. The molecule has 0 amide bonds. The van der Waals surface area contributed by atoms with Crippen molar-refractivity contribution in [2.45, 2.75) is 0 Å². The molecule has 16 heavy (non-hydrogen) atoms. The minimum absolute atomic E-state index is 0.0933. The molecule has 2 N–H and O–H groups in total. The van der Waals surface area contributed by atoms with Crippen molar-refractivity contribution >= 4 is 5.97 Å². The second-order valence-electron chi connectivity index (χ2n) is 3.04. The van der Waals surface area contributed by atoms with Crippen LogP contribution in [-0.4, -0.2) is 26.3 Å². The van der Waals surface area contributed by atoms with Crippen LogP contribution in [-0.2, 0) is 0 Å². The number of rotatable bonds is 2. The molecule has 2 rings (SSSR count). The summed E-state index contributed by atoms with van der Waals surface area (Å²) in [4.78, 5) is 24.4. The number of hydrogen-bond acceptors (Lipinski definition) is 4. The van der Waals surface area contributed by atoms with Gasteiger partial charge in [-0.2, -0.15) is 10.2 Å². The van der Waals surface area contributed by atoms with E-state index in [4.69, 9.17) is 5.11 Å². The van der Waals surface area contributed by atoms with Crippen LogP contribution < -0.4 is 5.56 Å². The maximum absolute atomic E-state index is 11.0. The van der Waals surface area contributed by atoms with Crippen molar-refractivity contribution < 1.29 is 9.90 Å². The number of pyridine rings is 1. The molecule has 2 heterocycles. The average molecular weight is 217 g/mol. The molecule has 0 spiro atoms. The summed E-state index contributed by atoms with van der Waals surface area (Å²) in [6, 6.07) is 4.28. The van der Waals surface area contributed by atoms with Gasteiger partial charge in [0.25, 0.3) is 0 Å². The molecule has 0 bridgehead atoms. The summed E-state index contributed by atoms with van der Waals surface area (Å²) < 4.78 is 0. The topological polar surface area (TPSA) is 95.9 Å². The van der Waals surface area contributed by atoms with Crippen molar-refractivity contribution in [3.05, 3.63) is 46.5 Å². The first-order valence-electron chi connectivity index (χ1n) is 4.42. The van der Waals surface area contributed by atoms with Crippen LogP contribution in [0.4, 0.5) is 0 Å². The smallest absolute Gasteiger partial charge is 0.336 e. The molecule has 0 aromatic carbocycles. The monoisotopic (exact) mass is 217 g/mol. The highest BCUT2D eigenvalue weighted by atomic mass is 16.4. The van der Waals surface area contributed by atoms with Gasteiger partial charge in [-0.1, -0.05) is 0 Å². The Morgan fingerprint density at radius 2 is 2.25 bits per heavy atom. The zero-order valence-electron chi connectivity index (χ0n) is 8.04. The Morgan fingerprint density at radius 1 is 1.44 bits per heavy atom. The first-order chi connectivity index (χ1) is 7.68. The summed E-state index contributed by atoms with van der Waals surface area (Å²) in [6.45, 7) is 0. The van der Waals surface area contributed by atoms with Gasteiger partial charge in [-0.05, 0) is 12.1 Å². The normalized spacial score (nSPS) is 10.0. The highest BCUT2D eigenvalue weighted by molar-refractivity contribution is 5.94. The fraction of sp³-hybridized carbons (Fsp3) is 0. The minimum Gasteiger partial charge on any atom is -0.478 e. The quantitative estimate of drug-likeness (QED) is 0.764. The van der Waals surface area contributed by atoms with Crippen molar-refractivity contribution in [3.63, 3.8) is 0 Å². The molecule has 0 saturated carbocycles. The zero-order valence-corrected chi connectivity index (χ0v) is 8.04. The number of aromatic nitrogens is 3. The van der Waals surface area contributed by atoms with Crippen molar-refractivity contribution in [2.24, 2.45) is 0 Å². The molecule has 0 aliphatic heterocycles.